The fourth-order valence-electron chi connectivity index (χ4n) is 5.19. The molecular weight excluding hydrogens is 446 g/mol. The van der Waals surface area contributed by atoms with Crippen LogP contribution in [0.4, 0.5) is 0 Å². The predicted molar refractivity (Wildman–Crippen MR) is 127 cm³/mol. The summed E-state index contributed by atoms with van der Waals surface area (Å²) in [4.78, 5) is 33.8. The van der Waals surface area contributed by atoms with Gasteiger partial charge in [0.2, 0.25) is 5.91 Å². The number of fused-ring (bicyclic) bond motifs is 1. The smallest absolute Gasteiger partial charge is 0.353 e. The van der Waals surface area contributed by atoms with Crippen molar-refractivity contribution in [3.8, 4) is 0 Å². The normalized spacial score (nSPS) is 31.1. The molecule has 5 atom stereocenters. The molecule has 7 nitrogen and oxygen atoms in total. The Labute approximate surface area is 195 Å². The summed E-state index contributed by atoms with van der Waals surface area (Å²) < 4.78 is 0. The minimum absolute atomic E-state index is 0.0860. The number of thioether (sulfide) groups is 2. The molecule has 32 heavy (non-hydrogen) atoms. The van der Waals surface area contributed by atoms with Gasteiger partial charge in [-0.2, -0.15) is 0 Å². The summed E-state index contributed by atoms with van der Waals surface area (Å²) in [5.74, 6) is 0.181. The largest absolute Gasteiger partial charge is 0.477 e. The fraction of sp³-hybridized carbons (Fsp3) is 0.522. The van der Waals surface area contributed by atoms with E-state index in [1.807, 2.05) is 24.8 Å². The van der Waals surface area contributed by atoms with Crippen LogP contribution in [-0.4, -0.2) is 80.5 Å². The molecule has 1 aromatic rings. The highest BCUT2D eigenvalue weighted by Gasteiger charge is 2.60. The first-order valence-electron chi connectivity index (χ1n) is 11.0. The van der Waals surface area contributed by atoms with E-state index in [0.29, 0.717) is 0 Å². The zero-order chi connectivity index (χ0) is 22.6. The first kappa shape index (κ1) is 21.9. The molecule has 9 heteroatoms. The zero-order valence-electron chi connectivity index (χ0n) is 18.0. The van der Waals surface area contributed by atoms with Gasteiger partial charge in [0, 0.05) is 34.9 Å². The number of benzene rings is 1. The Morgan fingerprint density at radius 3 is 2.66 bits per heavy atom. The SMILES string of the molecule is C[C@@H](O)C1C(=O)N2C(C(=O)O)=C(SC3CN(C4=NCCSC4c4ccccc4)C3)[C@H](C)[C@H]12. The number of carboxylic acids is 1. The second-order valence-corrected chi connectivity index (χ2v) is 11.4. The lowest BCUT2D eigenvalue weighted by atomic mass is 9.79. The number of hydrogen-bond acceptors (Lipinski definition) is 7. The van der Waals surface area contributed by atoms with Gasteiger partial charge < -0.3 is 20.0 Å². The number of nitrogens with zero attached hydrogens (tertiary/aromatic N) is 3. The molecule has 170 valence electrons. The van der Waals surface area contributed by atoms with Crippen molar-refractivity contribution in [1.29, 1.82) is 0 Å². The Bertz CT molecular complexity index is 990. The van der Waals surface area contributed by atoms with Gasteiger partial charge in [-0.3, -0.25) is 9.79 Å². The highest BCUT2D eigenvalue weighted by Crippen LogP contribution is 2.52. The highest BCUT2D eigenvalue weighted by atomic mass is 32.2. The maximum absolute atomic E-state index is 12.5. The average Bonchev–Trinajstić information content (AvgIpc) is 2.99. The number of rotatable bonds is 5. The fourth-order valence-corrected chi connectivity index (χ4v) is 7.86. The van der Waals surface area contributed by atoms with Gasteiger partial charge in [-0.1, -0.05) is 37.3 Å². The van der Waals surface area contributed by atoms with Gasteiger partial charge in [-0.25, -0.2) is 4.79 Å². The van der Waals surface area contributed by atoms with Gasteiger partial charge in [0.15, 0.2) is 0 Å². The minimum Gasteiger partial charge on any atom is -0.477 e. The number of amides is 1. The van der Waals surface area contributed by atoms with Crippen LogP contribution in [-0.2, 0) is 9.59 Å². The van der Waals surface area contributed by atoms with Crippen molar-refractivity contribution >= 4 is 41.2 Å². The third kappa shape index (κ3) is 3.45. The first-order valence-corrected chi connectivity index (χ1v) is 12.9. The summed E-state index contributed by atoms with van der Waals surface area (Å²) in [5, 5.41) is 20.3. The monoisotopic (exact) mass is 473 g/mol. The van der Waals surface area contributed by atoms with E-state index in [2.05, 4.69) is 29.2 Å². The molecule has 0 aliphatic carbocycles. The number of aliphatic hydroxyl groups excluding tert-OH is 1. The summed E-state index contributed by atoms with van der Waals surface area (Å²) >= 11 is 3.51. The number of carbonyl (C=O) groups is 2. The van der Waals surface area contributed by atoms with Crippen LogP contribution in [0.5, 0.6) is 0 Å². The molecule has 2 fully saturated rings. The molecule has 4 aliphatic heterocycles. The van der Waals surface area contributed by atoms with Crippen molar-refractivity contribution in [3.63, 3.8) is 0 Å². The number of carboxylic acid groups (broad SMARTS) is 1. The molecule has 1 aromatic carbocycles. The summed E-state index contributed by atoms with van der Waals surface area (Å²) in [6, 6.07) is 10.2. The lowest BCUT2D eigenvalue weighted by molar-refractivity contribution is -0.163. The molecule has 4 heterocycles. The van der Waals surface area contributed by atoms with Crippen LogP contribution < -0.4 is 0 Å². The number of likely N-dealkylation sites (tertiary alicyclic amines) is 1. The van der Waals surface area contributed by atoms with E-state index < -0.39 is 18.0 Å². The quantitative estimate of drug-likeness (QED) is 0.635. The van der Waals surface area contributed by atoms with Crippen LogP contribution in [0.3, 0.4) is 0 Å². The highest BCUT2D eigenvalue weighted by molar-refractivity contribution is 8.03. The number of β-lactam (4-membered cyclic amide) rings is 1. The van der Waals surface area contributed by atoms with Gasteiger partial charge in [0.1, 0.15) is 11.5 Å². The Hall–Kier alpha value is -1.97. The molecule has 0 radical (unpaired) electrons. The zero-order valence-corrected chi connectivity index (χ0v) is 19.7. The van der Waals surface area contributed by atoms with Crippen LogP contribution in [0, 0.1) is 11.8 Å². The molecule has 0 bridgehead atoms. The molecule has 2 N–H and O–H groups in total. The molecule has 1 amide bonds. The van der Waals surface area contributed by atoms with Gasteiger partial charge >= 0.3 is 5.97 Å². The van der Waals surface area contributed by atoms with E-state index in [1.54, 1.807) is 18.7 Å². The molecule has 4 aliphatic rings. The number of aliphatic hydroxyl groups is 1. The number of aliphatic carboxylic acids is 1. The predicted octanol–water partition coefficient (Wildman–Crippen LogP) is 2.44. The van der Waals surface area contributed by atoms with E-state index in [1.165, 1.54) is 10.5 Å². The summed E-state index contributed by atoms with van der Waals surface area (Å²) in [6.07, 6.45) is -0.776. The van der Waals surface area contributed by atoms with Crippen molar-refractivity contribution in [2.24, 2.45) is 16.8 Å². The average molecular weight is 474 g/mol. The van der Waals surface area contributed by atoms with Crippen LogP contribution in [0.15, 0.2) is 45.9 Å². The third-order valence-electron chi connectivity index (χ3n) is 6.76. The number of carbonyl (C=O) groups excluding carboxylic acids is 1. The summed E-state index contributed by atoms with van der Waals surface area (Å²) in [7, 11) is 0. The lowest BCUT2D eigenvalue weighted by Crippen LogP contribution is -2.63. The number of hydrogen-bond donors (Lipinski definition) is 2. The Balaban J connectivity index is 1.29. The third-order valence-corrected chi connectivity index (χ3v) is 9.45. The Kier molecular flexibility index (Phi) is 5.75. The van der Waals surface area contributed by atoms with Crippen molar-refractivity contribution in [3.05, 3.63) is 46.5 Å². The summed E-state index contributed by atoms with van der Waals surface area (Å²) in [6.45, 7) is 6.03. The molecule has 0 saturated carbocycles. The first-order chi connectivity index (χ1) is 15.4. The summed E-state index contributed by atoms with van der Waals surface area (Å²) in [5.41, 5.74) is 1.37. The molecule has 0 spiro atoms. The van der Waals surface area contributed by atoms with Crippen LogP contribution in [0.25, 0.3) is 0 Å². The van der Waals surface area contributed by atoms with Gasteiger partial charge in [0.05, 0.1) is 29.9 Å². The maximum atomic E-state index is 12.5. The molecule has 2 saturated heterocycles. The molecule has 0 aromatic heterocycles. The standard InChI is InChI=1S/C23H27N3O4S2/c1-12-17-16(13(2)27)22(28)26(17)18(23(29)30)19(12)32-15-10-25(11-15)21-20(31-9-8-24-21)14-6-4-3-5-7-14/h3-7,12-13,15-17,20,27H,8-11H2,1-2H3,(H,29,30)/t12-,13-,16?,17-,20?/m1/s1. The minimum atomic E-state index is -1.06. The maximum Gasteiger partial charge on any atom is 0.353 e. The van der Waals surface area contributed by atoms with Crippen molar-refractivity contribution in [2.75, 3.05) is 25.4 Å². The molecule has 5 rings (SSSR count). The molecular formula is C23H27N3O4S2. The number of amidine groups is 1. The topological polar surface area (TPSA) is 93.4 Å². The molecule has 2 unspecified atom stereocenters. The van der Waals surface area contributed by atoms with Gasteiger partial charge in [0.25, 0.3) is 0 Å². The van der Waals surface area contributed by atoms with E-state index in [-0.39, 0.29) is 34.1 Å². The van der Waals surface area contributed by atoms with E-state index in [4.69, 9.17) is 4.99 Å². The Morgan fingerprint density at radius 1 is 1.28 bits per heavy atom. The van der Waals surface area contributed by atoms with Gasteiger partial charge in [-0.05, 0) is 12.5 Å². The lowest BCUT2D eigenvalue weighted by Gasteiger charge is -2.46. The van der Waals surface area contributed by atoms with E-state index >= 15 is 0 Å². The number of aliphatic imine (C=N–C) groups is 1. The van der Waals surface area contributed by atoms with Crippen LogP contribution in [0.2, 0.25) is 0 Å². The van der Waals surface area contributed by atoms with E-state index in [9.17, 15) is 19.8 Å². The second kappa shape index (κ2) is 8.43. The van der Waals surface area contributed by atoms with Crippen molar-refractivity contribution in [2.45, 2.75) is 36.5 Å². The van der Waals surface area contributed by atoms with Crippen LogP contribution >= 0.6 is 23.5 Å². The van der Waals surface area contributed by atoms with Crippen molar-refractivity contribution in [1.82, 2.24) is 9.80 Å². The van der Waals surface area contributed by atoms with E-state index in [0.717, 1.165) is 36.1 Å². The van der Waals surface area contributed by atoms with Crippen LogP contribution in [0.1, 0.15) is 24.7 Å². The van der Waals surface area contributed by atoms with Crippen molar-refractivity contribution < 1.29 is 19.8 Å². The second-order valence-electron chi connectivity index (χ2n) is 8.82. The Morgan fingerprint density at radius 2 is 2.00 bits per heavy atom. The van der Waals surface area contributed by atoms with Gasteiger partial charge in [-0.15, -0.1) is 23.5 Å².